The molecule has 6 nitrogen and oxygen atoms in total. The Morgan fingerprint density at radius 3 is 2.72 bits per heavy atom. The van der Waals surface area contributed by atoms with E-state index >= 15 is 0 Å². The van der Waals surface area contributed by atoms with E-state index in [1.54, 1.807) is 19.0 Å². The van der Waals surface area contributed by atoms with E-state index < -0.39 is 0 Å². The van der Waals surface area contributed by atoms with Crippen molar-refractivity contribution in [1.82, 2.24) is 14.9 Å². The summed E-state index contributed by atoms with van der Waals surface area (Å²) < 4.78 is 0. The summed E-state index contributed by atoms with van der Waals surface area (Å²) in [5.41, 5.74) is 0.848. The third kappa shape index (κ3) is 3.58. The summed E-state index contributed by atoms with van der Waals surface area (Å²) in [7, 11) is 3.54. The van der Waals surface area contributed by atoms with Crippen molar-refractivity contribution in [3.63, 3.8) is 0 Å². The monoisotopic (exact) mass is 251 g/mol. The number of aromatic nitrogens is 2. The van der Waals surface area contributed by atoms with Crippen LogP contribution in [0, 0.1) is 6.92 Å². The zero-order valence-electron chi connectivity index (χ0n) is 11.6. The number of carbonyl (C=O) groups excluding carboxylic acids is 1. The molecule has 1 aromatic heterocycles. The standard InChI is InChI=1S/C12H21N5O/c1-6-17(5)11(18)9(3)15-10-7-8(2)14-12(13-4)16-10/h7,9H,6H2,1-5H3,(H2,13,14,15,16). The molecule has 1 unspecified atom stereocenters. The minimum Gasteiger partial charge on any atom is -0.358 e. The zero-order chi connectivity index (χ0) is 13.7. The molecule has 0 saturated heterocycles. The Bertz CT molecular complexity index is 421. The molecular weight excluding hydrogens is 230 g/mol. The average molecular weight is 251 g/mol. The van der Waals surface area contributed by atoms with Crippen LogP contribution in [-0.2, 0) is 4.79 Å². The first-order chi connectivity index (χ1) is 8.47. The quantitative estimate of drug-likeness (QED) is 0.820. The molecule has 100 valence electrons. The Hall–Kier alpha value is -1.85. The maximum Gasteiger partial charge on any atom is 0.244 e. The largest absolute Gasteiger partial charge is 0.358 e. The van der Waals surface area contributed by atoms with E-state index in [1.807, 2.05) is 26.8 Å². The number of carbonyl (C=O) groups is 1. The van der Waals surface area contributed by atoms with E-state index in [1.165, 1.54) is 0 Å². The molecule has 1 amide bonds. The van der Waals surface area contributed by atoms with E-state index in [0.29, 0.717) is 18.3 Å². The topological polar surface area (TPSA) is 70.2 Å². The van der Waals surface area contributed by atoms with Crippen LogP contribution in [-0.4, -0.2) is 47.5 Å². The van der Waals surface area contributed by atoms with Crippen LogP contribution in [0.1, 0.15) is 19.5 Å². The summed E-state index contributed by atoms with van der Waals surface area (Å²) in [5.74, 6) is 1.23. The lowest BCUT2D eigenvalue weighted by molar-refractivity contribution is -0.130. The molecule has 0 bridgehead atoms. The van der Waals surface area contributed by atoms with Crippen LogP contribution >= 0.6 is 0 Å². The molecule has 1 aromatic rings. The third-order valence-electron chi connectivity index (χ3n) is 2.66. The second kappa shape index (κ2) is 6.18. The van der Waals surface area contributed by atoms with Crippen molar-refractivity contribution in [1.29, 1.82) is 0 Å². The molecule has 0 spiro atoms. The maximum atomic E-state index is 11.9. The molecule has 6 heteroatoms. The molecule has 0 radical (unpaired) electrons. The van der Waals surface area contributed by atoms with Gasteiger partial charge in [-0.3, -0.25) is 4.79 Å². The number of hydrogen-bond donors (Lipinski definition) is 2. The molecule has 1 rings (SSSR count). The Morgan fingerprint density at radius 2 is 2.17 bits per heavy atom. The van der Waals surface area contributed by atoms with Crippen LogP contribution in [0.2, 0.25) is 0 Å². The molecule has 0 fully saturated rings. The first-order valence-electron chi connectivity index (χ1n) is 6.02. The van der Waals surface area contributed by atoms with Gasteiger partial charge < -0.3 is 15.5 Å². The Balaban J connectivity index is 2.78. The number of rotatable bonds is 5. The molecule has 0 aliphatic carbocycles. The van der Waals surface area contributed by atoms with Crippen LogP contribution in [0.25, 0.3) is 0 Å². The minimum absolute atomic E-state index is 0.0415. The Morgan fingerprint density at radius 1 is 1.50 bits per heavy atom. The Kier molecular flexibility index (Phi) is 4.88. The highest BCUT2D eigenvalue weighted by Gasteiger charge is 2.16. The van der Waals surface area contributed by atoms with Crippen LogP contribution in [0.15, 0.2) is 6.07 Å². The molecule has 0 aromatic carbocycles. The van der Waals surface area contributed by atoms with Gasteiger partial charge in [0, 0.05) is 32.4 Å². The molecular formula is C12H21N5O. The first-order valence-corrected chi connectivity index (χ1v) is 6.02. The van der Waals surface area contributed by atoms with Crippen LogP contribution < -0.4 is 10.6 Å². The lowest BCUT2D eigenvalue weighted by Crippen LogP contribution is -2.39. The zero-order valence-corrected chi connectivity index (χ0v) is 11.6. The number of likely N-dealkylation sites (N-methyl/N-ethyl adjacent to an activating group) is 1. The van der Waals surface area contributed by atoms with E-state index in [-0.39, 0.29) is 11.9 Å². The van der Waals surface area contributed by atoms with Crippen molar-refractivity contribution in [3.05, 3.63) is 11.8 Å². The van der Waals surface area contributed by atoms with Gasteiger partial charge in [-0.2, -0.15) is 4.98 Å². The Labute approximate surface area is 108 Å². The number of amides is 1. The van der Waals surface area contributed by atoms with Crippen molar-refractivity contribution in [2.75, 3.05) is 31.3 Å². The normalized spacial score (nSPS) is 11.8. The molecule has 0 saturated carbocycles. The number of aryl methyl sites for hydroxylation is 1. The van der Waals surface area contributed by atoms with Crippen molar-refractivity contribution < 1.29 is 4.79 Å². The van der Waals surface area contributed by atoms with Gasteiger partial charge in [0.2, 0.25) is 11.9 Å². The predicted octanol–water partition coefficient (Wildman–Crippen LogP) is 1.11. The van der Waals surface area contributed by atoms with Gasteiger partial charge in [0.25, 0.3) is 0 Å². The van der Waals surface area contributed by atoms with Gasteiger partial charge in [0.15, 0.2) is 0 Å². The minimum atomic E-state index is -0.311. The van der Waals surface area contributed by atoms with Gasteiger partial charge in [-0.25, -0.2) is 4.98 Å². The van der Waals surface area contributed by atoms with E-state index in [4.69, 9.17) is 0 Å². The lowest BCUT2D eigenvalue weighted by Gasteiger charge is -2.21. The maximum absolute atomic E-state index is 11.9. The van der Waals surface area contributed by atoms with Gasteiger partial charge in [-0.05, 0) is 20.8 Å². The van der Waals surface area contributed by atoms with E-state index in [9.17, 15) is 4.79 Å². The lowest BCUT2D eigenvalue weighted by atomic mass is 10.3. The van der Waals surface area contributed by atoms with Gasteiger partial charge in [-0.1, -0.05) is 0 Å². The smallest absolute Gasteiger partial charge is 0.244 e. The second-order valence-electron chi connectivity index (χ2n) is 4.19. The summed E-state index contributed by atoms with van der Waals surface area (Å²) in [5, 5.41) is 5.98. The number of anilines is 2. The fourth-order valence-corrected chi connectivity index (χ4v) is 1.52. The van der Waals surface area contributed by atoms with Gasteiger partial charge in [0.1, 0.15) is 11.9 Å². The van der Waals surface area contributed by atoms with Crippen LogP contribution in [0.3, 0.4) is 0 Å². The van der Waals surface area contributed by atoms with Gasteiger partial charge in [-0.15, -0.1) is 0 Å². The van der Waals surface area contributed by atoms with Crippen LogP contribution in [0.4, 0.5) is 11.8 Å². The van der Waals surface area contributed by atoms with Crippen molar-refractivity contribution in [2.24, 2.45) is 0 Å². The van der Waals surface area contributed by atoms with Crippen molar-refractivity contribution in [3.8, 4) is 0 Å². The SMILES string of the molecule is CCN(C)C(=O)C(C)Nc1cc(C)nc(NC)n1. The van der Waals surface area contributed by atoms with E-state index in [2.05, 4.69) is 20.6 Å². The number of nitrogens with zero attached hydrogens (tertiary/aromatic N) is 3. The molecule has 1 heterocycles. The third-order valence-corrected chi connectivity index (χ3v) is 2.66. The summed E-state index contributed by atoms with van der Waals surface area (Å²) >= 11 is 0. The fraction of sp³-hybridized carbons (Fsp3) is 0.583. The highest BCUT2D eigenvalue weighted by Crippen LogP contribution is 2.10. The van der Waals surface area contributed by atoms with Crippen molar-refractivity contribution in [2.45, 2.75) is 26.8 Å². The first kappa shape index (κ1) is 14.2. The summed E-state index contributed by atoms with van der Waals surface area (Å²) in [4.78, 5) is 22.0. The molecule has 1 atom stereocenters. The van der Waals surface area contributed by atoms with E-state index in [0.717, 1.165) is 5.69 Å². The highest BCUT2D eigenvalue weighted by molar-refractivity contribution is 5.83. The van der Waals surface area contributed by atoms with Crippen LogP contribution in [0.5, 0.6) is 0 Å². The molecule has 0 aliphatic heterocycles. The molecule has 2 N–H and O–H groups in total. The number of hydrogen-bond acceptors (Lipinski definition) is 5. The fourth-order valence-electron chi connectivity index (χ4n) is 1.52. The summed E-state index contributed by atoms with van der Waals surface area (Å²) in [6.07, 6.45) is 0. The summed E-state index contributed by atoms with van der Waals surface area (Å²) in [6, 6.07) is 1.50. The summed E-state index contributed by atoms with van der Waals surface area (Å²) in [6.45, 7) is 6.34. The average Bonchev–Trinajstić information content (AvgIpc) is 2.35. The van der Waals surface area contributed by atoms with Gasteiger partial charge in [0.05, 0.1) is 0 Å². The second-order valence-corrected chi connectivity index (χ2v) is 4.19. The van der Waals surface area contributed by atoms with Crippen molar-refractivity contribution >= 4 is 17.7 Å². The molecule has 0 aliphatic rings. The van der Waals surface area contributed by atoms with Gasteiger partial charge >= 0.3 is 0 Å². The highest BCUT2D eigenvalue weighted by atomic mass is 16.2. The predicted molar refractivity (Wildman–Crippen MR) is 72.7 cm³/mol. The molecule has 18 heavy (non-hydrogen) atoms. The number of nitrogens with one attached hydrogen (secondary N) is 2.